The zero-order valence-electron chi connectivity index (χ0n) is 9.27. The van der Waals surface area contributed by atoms with E-state index in [4.69, 9.17) is 5.73 Å². The second kappa shape index (κ2) is 5.67. The van der Waals surface area contributed by atoms with Gasteiger partial charge >= 0.3 is 0 Å². The van der Waals surface area contributed by atoms with Gasteiger partial charge in [0.15, 0.2) is 0 Å². The summed E-state index contributed by atoms with van der Waals surface area (Å²) in [6.45, 7) is 4.20. The molecule has 0 fully saturated rings. The van der Waals surface area contributed by atoms with Crippen LogP contribution in [0.3, 0.4) is 0 Å². The number of halogens is 1. The van der Waals surface area contributed by atoms with E-state index in [2.05, 4.69) is 5.32 Å². The summed E-state index contributed by atoms with van der Waals surface area (Å²) >= 11 is 0. The van der Waals surface area contributed by atoms with Crippen molar-refractivity contribution in [3.05, 3.63) is 34.4 Å². The Labute approximate surface area is 101 Å². The van der Waals surface area contributed by atoms with Crippen LogP contribution >= 0.6 is 12.4 Å². The monoisotopic (exact) mass is 245 g/mol. The quantitative estimate of drug-likeness (QED) is 0.629. The standard InChI is InChI=1S/C10H15N3O2.ClH/c1-10(2,11)7-12-8-5-3-4-6-9(8)13(14)15;/h3-6,12H,7,11H2,1-2H3;1H. The van der Waals surface area contributed by atoms with Crippen LogP contribution in [-0.4, -0.2) is 17.0 Å². The molecule has 0 aliphatic carbocycles. The van der Waals surface area contributed by atoms with Crippen molar-refractivity contribution in [3.8, 4) is 0 Å². The molecule has 16 heavy (non-hydrogen) atoms. The van der Waals surface area contributed by atoms with Crippen molar-refractivity contribution in [3.63, 3.8) is 0 Å². The van der Waals surface area contributed by atoms with Crippen LogP contribution in [0.1, 0.15) is 13.8 Å². The van der Waals surface area contributed by atoms with Crippen LogP contribution < -0.4 is 11.1 Å². The highest BCUT2D eigenvalue weighted by Gasteiger charge is 2.15. The van der Waals surface area contributed by atoms with Gasteiger partial charge in [0.2, 0.25) is 0 Å². The zero-order valence-corrected chi connectivity index (χ0v) is 10.1. The summed E-state index contributed by atoms with van der Waals surface area (Å²) < 4.78 is 0. The Bertz CT molecular complexity index is 363. The molecule has 0 radical (unpaired) electrons. The van der Waals surface area contributed by atoms with E-state index in [-0.39, 0.29) is 18.1 Å². The second-order valence-electron chi connectivity index (χ2n) is 4.12. The minimum absolute atomic E-state index is 0. The molecule has 0 aliphatic rings. The van der Waals surface area contributed by atoms with Crippen molar-refractivity contribution in [1.82, 2.24) is 0 Å². The average Bonchev–Trinajstić information content (AvgIpc) is 2.14. The Balaban J connectivity index is 0.00000225. The van der Waals surface area contributed by atoms with Crippen molar-refractivity contribution in [2.45, 2.75) is 19.4 Å². The molecule has 3 N–H and O–H groups in total. The maximum Gasteiger partial charge on any atom is 0.292 e. The highest BCUT2D eigenvalue weighted by Crippen LogP contribution is 2.23. The smallest absolute Gasteiger partial charge is 0.292 e. The molecule has 0 unspecified atom stereocenters. The normalized spacial score (nSPS) is 10.4. The number of nitrogens with two attached hydrogens (primary N) is 1. The SMILES string of the molecule is CC(C)(N)CNc1ccccc1[N+](=O)[O-].Cl. The molecule has 0 saturated carbocycles. The molecule has 0 atom stereocenters. The molecule has 1 rings (SSSR count). The molecule has 0 heterocycles. The number of nitro groups is 1. The summed E-state index contributed by atoms with van der Waals surface area (Å²) in [6, 6.07) is 6.52. The first-order valence-electron chi connectivity index (χ1n) is 4.66. The van der Waals surface area contributed by atoms with Crippen LogP contribution in [0.25, 0.3) is 0 Å². The predicted molar refractivity (Wildman–Crippen MR) is 67.1 cm³/mol. The van der Waals surface area contributed by atoms with Gasteiger partial charge in [-0.1, -0.05) is 12.1 Å². The topological polar surface area (TPSA) is 81.2 Å². The number of hydrogen-bond acceptors (Lipinski definition) is 4. The third kappa shape index (κ3) is 4.46. The van der Waals surface area contributed by atoms with E-state index < -0.39 is 10.5 Å². The van der Waals surface area contributed by atoms with E-state index in [0.29, 0.717) is 12.2 Å². The van der Waals surface area contributed by atoms with E-state index in [1.54, 1.807) is 18.2 Å². The number of benzene rings is 1. The first-order chi connectivity index (χ1) is 6.90. The minimum atomic E-state index is -0.411. The number of anilines is 1. The number of hydrogen-bond donors (Lipinski definition) is 2. The van der Waals surface area contributed by atoms with E-state index in [0.717, 1.165) is 0 Å². The number of para-hydroxylation sites is 2. The fourth-order valence-corrected chi connectivity index (χ4v) is 1.11. The van der Waals surface area contributed by atoms with Crippen molar-refractivity contribution >= 4 is 23.8 Å². The largest absolute Gasteiger partial charge is 0.378 e. The van der Waals surface area contributed by atoms with Gasteiger partial charge < -0.3 is 11.1 Å². The van der Waals surface area contributed by atoms with Gasteiger partial charge in [0, 0.05) is 18.2 Å². The molecule has 0 aromatic heterocycles. The lowest BCUT2D eigenvalue weighted by Gasteiger charge is -2.19. The molecule has 0 saturated heterocycles. The molecule has 0 bridgehead atoms. The van der Waals surface area contributed by atoms with E-state index in [1.807, 2.05) is 13.8 Å². The van der Waals surface area contributed by atoms with Crippen LogP contribution in [-0.2, 0) is 0 Å². The third-order valence-corrected chi connectivity index (χ3v) is 1.84. The maximum atomic E-state index is 10.7. The van der Waals surface area contributed by atoms with Gasteiger partial charge in [-0.3, -0.25) is 10.1 Å². The lowest BCUT2D eigenvalue weighted by atomic mass is 10.1. The lowest BCUT2D eigenvalue weighted by molar-refractivity contribution is -0.384. The fourth-order valence-electron chi connectivity index (χ4n) is 1.11. The highest BCUT2D eigenvalue weighted by atomic mass is 35.5. The third-order valence-electron chi connectivity index (χ3n) is 1.84. The van der Waals surface area contributed by atoms with Gasteiger partial charge in [-0.2, -0.15) is 0 Å². The summed E-state index contributed by atoms with van der Waals surface area (Å²) in [4.78, 5) is 10.3. The van der Waals surface area contributed by atoms with Crippen LogP contribution in [0.4, 0.5) is 11.4 Å². The molecule has 0 spiro atoms. The number of rotatable bonds is 4. The van der Waals surface area contributed by atoms with Gasteiger partial charge in [0.1, 0.15) is 5.69 Å². The van der Waals surface area contributed by atoms with Crippen molar-refractivity contribution < 1.29 is 4.92 Å². The summed E-state index contributed by atoms with van der Waals surface area (Å²) in [6.07, 6.45) is 0. The number of nitro benzene ring substituents is 1. The van der Waals surface area contributed by atoms with E-state index >= 15 is 0 Å². The van der Waals surface area contributed by atoms with Crippen LogP contribution in [0.15, 0.2) is 24.3 Å². The molecule has 6 heteroatoms. The van der Waals surface area contributed by atoms with Crippen LogP contribution in [0.2, 0.25) is 0 Å². The Hall–Kier alpha value is -1.33. The molecule has 90 valence electrons. The molecular weight excluding hydrogens is 230 g/mol. The Morgan fingerprint density at radius 2 is 2.00 bits per heavy atom. The van der Waals surface area contributed by atoms with Gasteiger partial charge in [-0.25, -0.2) is 0 Å². The van der Waals surface area contributed by atoms with Crippen molar-refractivity contribution in [2.24, 2.45) is 5.73 Å². The van der Waals surface area contributed by atoms with Crippen LogP contribution in [0, 0.1) is 10.1 Å². The summed E-state index contributed by atoms with van der Waals surface area (Å²) in [7, 11) is 0. The average molecular weight is 246 g/mol. The zero-order chi connectivity index (χ0) is 11.5. The van der Waals surface area contributed by atoms with Crippen molar-refractivity contribution in [1.29, 1.82) is 0 Å². The molecule has 1 aromatic rings. The predicted octanol–water partition coefficient (Wildman–Crippen LogP) is 2.17. The van der Waals surface area contributed by atoms with E-state index in [1.165, 1.54) is 6.07 Å². The molecule has 0 aliphatic heterocycles. The number of nitrogens with zero attached hydrogens (tertiary/aromatic N) is 1. The molecule has 5 nitrogen and oxygen atoms in total. The Kier molecular flexibility index (Phi) is 5.20. The second-order valence-corrected chi connectivity index (χ2v) is 4.12. The van der Waals surface area contributed by atoms with E-state index in [9.17, 15) is 10.1 Å². The first-order valence-corrected chi connectivity index (χ1v) is 4.66. The fraction of sp³-hybridized carbons (Fsp3) is 0.400. The molecular formula is C10H16ClN3O2. The maximum absolute atomic E-state index is 10.7. The first kappa shape index (κ1) is 14.7. The number of nitrogens with one attached hydrogen (secondary N) is 1. The lowest BCUT2D eigenvalue weighted by Crippen LogP contribution is -2.39. The van der Waals surface area contributed by atoms with Gasteiger partial charge in [0.05, 0.1) is 4.92 Å². The Morgan fingerprint density at radius 3 is 2.50 bits per heavy atom. The molecule has 1 aromatic carbocycles. The summed E-state index contributed by atoms with van der Waals surface area (Å²) in [5.41, 5.74) is 5.95. The van der Waals surface area contributed by atoms with Crippen LogP contribution in [0.5, 0.6) is 0 Å². The molecule has 0 amide bonds. The summed E-state index contributed by atoms with van der Waals surface area (Å²) in [5, 5.41) is 13.6. The minimum Gasteiger partial charge on any atom is -0.378 e. The van der Waals surface area contributed by atoms with Gasteiger partial charge in [-0.05, 0) is 19.9 Å². The highest BCUT2D eigenvalue weighted by molar-refractivity contribution is 5.85. The van der Waals surface area contributed by atoms with Gasteiger partial charge in [0.25, 0.3) is 5.69 Å². The summed E-state index contributed by atoms with van der Waals surface area (Å²) in [5.74, 6) is 0. The Morgan fingerprint density at radius 1 is 1.44 bits per heavy atom. The van der Waals surface area contributed by atoms with Crippen molar-refractivity contribution in [2.75, 3.05) is 11.9 Å². The van der Waals surface area contributed by atoms with Gasteiger partial charge in [-0.15, -0.1) is 12.4 Å².